The first-order valence-corrected chi connectivity index (χ1v) is 8.99. The Bertz CT molecular complexity index is 820. The fraction of sp³-hybridized carbons (Fsp3) is 0.214. The lowest BCUT2D eigenvalue weighted by Crippen LogP contribution is -2.11. The quantitative estimate of drug-likeness (QED) is 0.414. The highest BCUT2D eigenvalue weighted by Gasteiger charge is 2.15. The van der Waals surface area contributed by atoms with Gasteiger partial charge in [-0.15, -0.1) is 11.3 Å². The third-order valence-electron chi connectivity index (χ3n) is 3.18. The molecule has 3 nitrogen and oxygen atoms in total. The average Bonchev–Trinajstić information content (AvgIpc) is 2.99. The molecular formula is C14H11BrINO2S. The van der Waals surface area contributed by atoms with Crippen LogP contribution in [0, 0.1) is 2.88 Å². The van der Waals surface area contributed by atoms with E-state index in [1.807, 2.05) is 25.1 Å². The Hall–Kier alpha value is -0.600. The van der Waals surface area contributed by atoms with Crippen molar-refractivity contribution in [2.24, 2.45) is 0 Å². The molecule has 0 N–H and O–H groups in total. The van der Waals surface area contributed by atoms with Crippen molar-refractivity contribution >= 4 is 61.0 Å². The molecule has 0 saturated carbocycles. The number of alkyl halides is 1. The van der Waals surface area contributed by atoms with E-state index in [4.69, 9.17) is 4.42 Å². The summed E-state index contributed by atoms with van der Waals surface area (Å²) < 4.78 is 8.20. The van der Waals surface area contributed by atoms with Gasteiger partial charge in [-0.1, -0.05) is 22.0 Å². The van der Waals surface area contributed by atoms with E-state index in [1.54, 1.807) is 15.9 Å². The summed E-state index contributed by atoms with van der Waals surface area (Å²) in [5.41, 5.74) is 3.80. The van der Waals surface area contributed by atoms with Crippen LogP contribution in [0.1, 0.15) is 22.9 Å². The van der Waals surface area contributed by atoms with Crippen molar-refractivity contribution in [2.45, 2.75) is 18.3 Å². The fourth-order valence-electron chi connectivity index (χ4n) is 2.19. The standard InChI is InChI=1S/C14H11BrINO2S/c1-2-17-10-4-3-8(5-11(10)19-14(17)18)13(15)9-6-12(16)20-7-9/h3-7,13H,2H2,1H3. The summed E-state index contributed by atoms with van der Waals surface area (Å²) in [4.78, 5) is 11.8. The van der Waals surface area contributed by atoms with Crippen molar-refractivity contribution in [1.29, 1.82) is 0 Å². The van der Waals surface area contributed by atoms with Gasteiger partial charge >= 0.3 is 5.76 Å². The smallest absolute Gasteiger partial charge is 0.408 e. The maximum atomic E-state index is 11.7. The van der Waals surface area contributed by atoms with Gasteiger partial charge in [0, 0.05) is 6.54 Å². The number of aryl methyl sites for hydroxylation is 1. The number of hydrogen-bond acceptors (Lipinski definition) is 3. The third kappa shape index (κ3) is 2.48. The van der Waals surface area contributed by atoms with Crippen LogP contribution >= 0.6 is 49.9 Å². The van der Waals surface area contributed by atoms with Crippen LogP contribution in [0.15, 0.2) is 38.9 Å². The maximum Gasteiger partial charge on any atom is 0.419 e. The lowest BCUT2D eigenvalue weighted by atomic mass is 10.1. The van der Waals surface area contributed by atoms with Crippen LogP contribution in [0.5, 0.6) is 0 Å². The predicted octanol–water partition coefficient (Wildman–Crippen LogP) is 4.76. The first-order valence-electron chi connectivity index (χ1n) is 6.11. The summed E-state index contributed by atoms with van der Waals surface area (Å²) >= 11 is 7.75. The Morgan fingerprint density at radius 2 is 2.20 bits per heavy atom. The molecule has 0 aliphatic rings. The van der Waals surface area contributed by atoms with Gasteiger partial charge < -0.3 is 4.42 Å². The molecule has 2 aromatic heterocycles. The van der Waals surface area contributed by atoms with Crippen molar-refractivity contribution < 1.29 is 4.42 Å². The summed E-state index contributed by atoms with van der Waals surface area (Å²) in [6, 6.07) is 8.08. The molecule has 20 heavy (non-hydrogen) atoms. The van der Waals surface area contributed by atoms with Crippen LogP contribution in [0.2, 0.25) is 0 Å². The minimum Gasteiger partial charge on any atom is -0.408 e. The van der Waals surface area contributed by atoms with Crippen molar-refractivity contribution in [3.63, 3.8) is 0 Å². The number of aromatic nitrogens is 1. The lowest BCUT2D eigenvalue weighted by Gasteiger charge is -2.08. The van der Waals surface area contributed by atoms with E-state index in [0.717, 1.165) is 11.1 Å². The summed E-state index contributed by atoms with van der Waals surface area (Å²) in [5, 5.41) is 2.14. The number of halogens is 2. The minimum absolute atomic E-state index is 0.113. The van der Waals surface area contributed by atoms with Gasteiger partial charge in [-0.05, 0) is 64.2 Å². The van der Waals surface area contributed by atoms with E-state index in [2.05, 4.69) is 50.0 Å². The van der Waals surface area contributed by atoms with Gasteiger partial charge in [-0.3, -0.25) is 4.57 Å². The second-order valence-electron chi connectivity index (χ2n) is 4.39. The molecule has 0 aliphatic heterocycles. The molecule has 0 saturated heterocycles. The summed E-state index contributed by atoms with van der Waals surface area (Å²) in [5.74, 6) is -0.296. The number of thiophene rings is 1. The zero-order valence-electron chi connectivity index (χ0n) is 10.6. The minimum atomic E-state index is -0.296. The molecule has 0 aliphatic carbocycles. The summed E-state index contributed by atoms with van der Waals surface area (Å²) in [6.45, 7) is 2.55. The van der Waals surface area contributed by atoms with E-state index < -0.39 is 0 Å². The zero-order valence-corrected chi connectivity index (χ0v) is 15.2. The molecule has 0 bridgehead atoms. The monoisotopic (exact) mass is 463 g/mol. The second-order valence-corrected chi connectivity index (χ2v) is 8.11. The van der Waals surface area contributed by atoms with Crippen molar-refractivity contribution in [1.82, 2.24) is 4.57 Å². The predicted molar refractivity (Wildman–Crippen MR) is 94.0 cm³/mol. The van der Waals surface area contributed by atoms with Gasteiger partial charge in [0.25, 0.3) is 0 Å². The van der Waals surface area contributed by atoms with Crippen LogP contribution in [-0.4, -0.2) is 4.57 Å². The topological polar surface area (TPSA) is 35.1 Å². The SMILES string of the molecule is CCn1c(=O)oc2cc(C(Br)c3csc(I)c3)ccc21. The summed E-state index contributed by atoms with van der Waals surface area (Å²) in [6.07, 6.45) is 0. The largest absolute Gasteiger partial charge is 0.419 e. The molecule has 6 heteroatoms. The molecule has 104 valence electrons. The van der Waals surface area contributed by atoms with Crippen molar-refractivity contribution in [2.75, 3.05) is 0 Å². The van der Waals surface area contributed by atoms with Crippen LogP contribution in [0.4, 0.5) is 0 Å². The Morgan fingerprint density at radius 3 is 2.85 bits per heavy atom. The first-order chi connectivity index (χ1) is 9.60. The third-order valence-corrected chi connectivity index (χ3v) is 6.05. The molecular weight excluding hydrogens is 453 g/mol. The van der Waals surface area contributed by atoms with E-state index in [-0.39, 0.29) is 10.6 Å². The summed E-state index contributed by atoms with van der Waals surface area (Å²) in [7, 11) is 0. The Kier molecular flexibility index (Phi) is 4.05. The molecule has 3 rings (SSSR count). The second kappa shape index (κ2) is 5.65. The first kappa shape index (κ1) is 14.3. The van der Waals surface area contributed by atoms with Crippen LogP contribution < -0.4 is 5.76 Å². The van der Waals surface area contributed by atoms with Crippen LogP contribution in [0.25, 0.3) is 11.1 Å². The van der Waals surface area contributed by atoms with E-state index in [9.17, 15) is 4.79 Å². The number of rotatable bonds is 3. The van der Waals surface area contributed by atoms with Gasteiger partial charge in [-0.2, -0.15) is 0 Å². The number of nitrogens with zero attached hydrogens (tertiary/aromatic N) is 1. The van der Waals surface area contributed by atoms with E-state index >= 15 is 0 Å². The average molecular weight is 464 g/mol. The Balaban J connectivity index is 2.07. The molecule has 1 atom stereocenters. The van der Waals surface area contributed by atoms with Crippen molar-refractivity contribution in [3.05, 3.63) is 54.2 Å². The van der Waals surface area contributed by atoms with E-state index in [1.165, 1.54) is 8.45 Å². The normalized spacial score (nSPS) is 12.9. The highest BCUT2D eigenvalue weighted by molar-refractivity contribution is 14.1. The molecule has 1 unspecified atom stereocenters. The highest BCUT2D eigenvalue weighted by Crippen LogP contribution is 2.35. The molecule has 1 aromatic carbocycles. The molecule has 2 heterocycles. The number of oxazole rings is 1. The fourth-order valence-corrected chi connectivity index (χ4v) is 4.31. The Morgan fingerprint density at radius 1 is 1.40 bits per heavy atom. The van der Waals surface area contributed by atoms with Gasteiger partial charge in [0.2, 0.25) is 0 Å². The molecule has 3 aromatic rings. The Labute approximate surface area is 141 Å². The van der Waals surface area contributed by atoms with E-state index in [0.29, 0.717) is 12.1 Å². The van der Waals surface area contributed by atoms with Crippen molar-refractivity contribution in [3.8, 4) is 0 Å². The molecule has 0 fully saturated rings. The number of hydrogen-bond donors (Lipinski definition) is 0. The maximum absolute atomic E-state index is 11.7. The zero-order chi connectivity index (χ0) is 14.3. The molecule has 0 amide bonds. The lowest BCUT2D eigenvalue weighted by molar-refractivity contribution is 0.513. The van der Waals surface area contributed by atoms with Gasteiger partial charge in [0.05, 0.1) is 13.2 Å². The van der Waals surface area contributed by atoms with Gasteiger partial charge in [-0.25, -0.2) is 4.79 Å². The number of benzene rings is 1. The highest BCUT2D eigenvalue weighted by atomic mass is 127. The van der Waals surface area contributed by atoms with Crippen LogP contribution in [-0.2, 0) is 6.54 Å². The van der Waals surface area contributed by atoms with Gasteiger partial charge in [0.1, 0.15) is 0 Å². The molecule has 0 spiro atoms. The van der Waals surface area contributed by atoms with Gasteiger partial charge in [0.15, 0.2) is 5.58 Å². The number of fused-ring (bicyclic) bond motifs is 1. The van der Waals surface area contributed by atoms with Crippen LogP contribution in [0.3, 0.4) is 0 Å². The molecule has 0 radical (unpaired) electrons.